The van der Waals surface area contributed by atoms with Crippen LogP contribution in [0, 0.1) is 17.0 Å². The first-order valence-corrected chi connectivity index (χ1v) is 7.06. The monoisotopic (exact) mass is 309 g/mol. The second-order valence-corrected chi connectivity index (χ2v) is 6.16. The molecule has 0 aromatic heterocycles. The maximum absolute atomic E-state index is 11.8. The van der Waals surface area contributed by atoms with E-state index in [2.05, 4.69) is 5.32 Å². The lowest BCUT2D eigenvalue weighted by Gasteiger charge is -2.23. The molecule has 1 unspecified atom stereocenters. The number of alkyl carbamates (subject to hydrolysis) is 1. The number of carbonyl (C=O) groups excluding carboxylic acids is 1. The second kappa shape index (κ2) is 7.22. The highest BCUT2D eigenvalue weighted by atomic mass is 16.6. The van der Waals surface area contributed by atoms with E-state index in [0.717, 1.165) is 5.56 Å². The van der Waals surface area contributed by atoms with Crippen LogP contribution in [0.2, 0.25) is 0 Å². The number of aryl methyl sites for hydroxylation is 1. The van der Waals surface area contributed by atoms with Gasteiger partial charge in [-0.05, 0) is 45.7 Å². The molecule has 7 nitrogen and oxygen atoms in total. The Balaban J connectivity index is 2.72. The van der Waals surface area contributed by atoms with Crippen LogP contribution < -0.4 is 11.1 Å². The Morgan fingerprint density at radius 3 is 2.55 bits per heavy atom. The predicted molar refractivity (Wildman–Crippen MR) is 83.7 cm³/mol. The number of benzene rings is 1. The van der Waals surface area contributed by atoms with Crippen LogP contribution in [-0.4, -0.2) is 29.2 Å². The first-order chi connectivity index (χ1) is 10.1. The average Bonchev–Trinajstić information content (AvgIpc) is 2.35. The van der Waals surface area contributed by atoms with Crippen molar-refractivity contribution < 1.29 is 14.5 Å². The van der Waals surface area contributed by atoms with Crippen LogP contribution in [0.25, 0.3) is 0 Å². The summed E-state index contributed by atoms with van der Waals surface area (Å²) in [4.78, 5) is 22.1. The van der Waals surface area contributed by atoms with Gasteiger partial charge in [0.05, 0.1) is 4.92 Å². The first-order valence-electron chi connectivity index (χ1n) is 7.06. The third-order valence-electron chi connectivity index (χ3n) is 2.95. The lowest BCUT2D eigenvalue weighted by atomic mass is 10.0. The van der Waals surface area contributed by atoms with Crippen molar-refractivity contribution in [3.8, 4) is 0 Å². The molecule has 122 valence electrons. The van der Waals surface area contributed by atoms with Gasteiger partial charge in [-0.15, -0.1) is 0 Å². The zero-order valence-corrected chi connectivity index (χ0v) is 13.4. The normalized spacial score (nSPS) is 12.6. The molecule has 0 fully saturated rings. The summed E-state index contributed by atoms with van der Waals surface area (Å²) in [5.74, 6) is 0. The van der Waals surface area contributed by atoms with E-state index in [1.807, 2.05) is 0 Å². The van der Waals surface area contributed by atoms with Crippen LogP contribution in [0.15, 0.2) is 18.2 Å². The van der Waals surface area contributed by atoms with Crippen LogP contribution in [0.5, 0.6) is 0 Å². The summed E-state index contributed by atoms with van der Waals surface area (Å²) in [6.45, 7) is 7.27. The molecular weight excluding hydrogens is 286 g/mol. The van der Waals surface area contributed by atoms with Gasteiger partial charge in [0.15, 0.2) is 0 Å². The van der Waals surface area contributed by atoms with Crippen molar-refractivity contribution in [3.05, 3.63) is 39.4 Å². The maximum atomic E-state index is 11.8. The molecule has 0 radical (unpaired) electrons. The lowest BCUT2D eigenvalue weighted by molar-refractivity contribution is -0.385. The van der Waals surface area contributed by atoms with E-state index in [0.29, 0.717) is 12.0 Å². The smallest absolute Gasteiger partial charge is 0.407 e. The molecule has 0 aliphatic heterocycles. The molecule has 0 saturated heterocycles. The summed E-state index contributed by atoms with van der Waals surface area (Å²) < 4.78 is 5.19. The van der Waals surface area contributed by atoms with Gasteiger partial charge >= 0.3 is 6.09 Å². The summed E-state index contributed by atoms with van der Waals surface area (Å²) in [6.07, 6.45) is -0.0456. The van der Waals surface area contributed by atoms with Crippen molar-refractivity contribution >= 4 is 11.8 Å². The summed E-state index contributed by atoms with van der Waals surface area (Å²) >= 11 is 0. The minimum absolute atomic E-state index is 0.0770. The molecule has 0 heterocycles. The summed E-state index contributed by atoms with van der Waals surface area (Å²) in [5.41, 5.74) is 6.62. The Bertz CT molecular complexity index is 552. The van der Waals surface area contributed by atoms with Crippen molar-refractivity contribution in [2.24, 2.45) is 5.73 Å². The fourth-order valence-electron chi connectivity index (χ4n) is 2.00. The van der Waals surface area contributed by atoms with E-state index in [-0.39, 0.29) is 18.3 Å². The Kier molecular flexibility index (Phi) is 5.87. The highest BCUT2D eigenvalue weighted by Gasteiger charge is 2.19. The molecule has 0 saturated carbocycles. The van der Waals surface area contributed by atoms with E-state index in [1.54, 1.807) is 39.8 Å². The Morgan fingerprint density at radius 2 is 2.09 bits per heavy atom. The molecule has 0 aliphatic rings. The van der Waals surface area contributed by atoms with E-state index in [1.165, 1.54) is 6.07 Å². The third-order valence-corrected chi connectivity index (χ3v) is 2.95. The highest BCUT2D eigenvalue weighted by molar-refractivity contribution is 5.68. The zero-order valence-electron chi connectivity index (χ0n) is 13.4. The van der Waals surface area contributed by atoms with Gasteiger partial charge in [-0.2, -0.15) is 0 Å². The Hall–Kier alpha value is -2.15. The van der Waals surface area contributed by atoms with Crippen molar-refractivity contribution in [1.82, 2.24) is 5.32 Å². The molecule has 0 bridgehead atoms. The van der Waals surface area contributed by atoms with Gasteiger partial charge in [0.1, 0.15) is 5.60 Å². The van der Waals surface area contributed by atoms with Crippen LogP contribution in [0.3, 0.4) is 0 Å². The molecule has 1 aromatic carbocycles. The number of nitrogens with zero attached hydrogens (tertiary/aromatic N) is 1. The van der Waals surface area contributed by atoms with Crippen molar-refractivity contribution in [2.45, 2.75) is 45.8 Å². The minimum atomic E-state index is -0.576. The zero-order chi connectivity index (χ0) is 16.9. The third kappa shape index (κ3) is 5.69. The molecule has 22 heavy (non-hydrogen) atoms. The van der Waals surface area contributed by atoms with Gasteiger partial charge in [0, 0.05) is 24.2 Å². The van der Waals surface area contributed by atoms with Gasteiger partial charge in [-0.25, -0.2) is 4.79 Å². The fraction of sp³-hybridized carbons (Fsp3) is 0.533. The quantitative estimate of drug-likeness (QED) is 0.641. The van der Waals surface area contributed by atoms with Crippen molar-refractivity contribution in [3.63, 3.8) is 0 Å². The Morgan fingerprint density at radius 1 is 1.45 bits per heavy atom. The number of hydrogen-bond acceptors (Lipinski definition) is 5. The van der Waals surface area contributed by atoms with Gasteiger partial charge in [0.25, 0.3) is 5.69 Å². The average molecular weight is 309 g/mol. The fourth-order valence-corrected chi connectivity index (χ4v) is 2.00. The molecule has 0 spiro atoms. The number of amides is 1. The van der Waals surface area contributed by atoms with Gasteiger partial charge in [0.2, 0.25) is 0 Å². The molecule has 1 atom stereocenters. The van der Waals surface area contributed by atoms with E-state index in [4.69, 9.17) is 10.5 Å². The summed E-state index contributed by atoms with van der Waals surface area (Å²) in [6, 6.07) is 4.57. The number of rotatable bonds is 5. The standard InChI is InChI=1S/C15H23N3O4/c1-10-7-11(5-6-13(10)18(20)21)8-12(9-16)17-14(19)22-15(2,3)4/h5-7,12H,8-9,16H2,1-4H3,(H,17,19). The van der Waals surface area contributed by atoms with Gasteiger partial charge in [-0.3, -0.25) is 10.1 Å². The molecule has 1 amide bonds. The number of nitro benzene ring substituents is 1. The SMILES string of the molecule is Cc1cc(CC(CN)NC(=O)OC(C)(C)C)ccc1[N+](=O)[O-]. The van der Waals surface area contributed by atoms with Gasteiger partial charge in [-0.1, -0.05) is 6.07 Å². The largest absolute Gasteiger partial charge is 0.444 e. The number of hydrogen-bond donors (Lipinski definition) is 2. The summed E-state index contributed by atoms with van der Waals surface area (Å²) in [7, 11) is 0. The number of nitrogens with two attached hydrogens (primary N) is 1. The number of ether oxygens (including phenoxy) is 1. The van der Waals surface area contributed by atoms with Gasteiger partial charge < -0.3 is 15.8 Å². The van der Waals surface area contributed by atoms with E-state index in [9.17, 15) is 14.9 Å². The number of nitro groups is 1. The van der Waals surface area contributed by atoms with Crippen LogP contribution in [0.4, 0.5) is 10.5 Å². The summed E-state index contributed by atoms with van der Waals surface area (Å²) in [5, 5.41) is 13.5. The molecule has 1 rings (SSSR count). The van der Waals surface area contributed by atoms with Crippen LogP contribution in [-0.2, 0) is 11.2 Å². The van der Waals surface area contributed by atoms with Crippen LogP contribution in [0.1, 0.15) is 31.9 Å². The predicted octanol–water partition coefficient (Wildman–Crippen LogP) is 2.30. The van der Waals surface area contributed by atoms with Crippen molar-refractivity contribution in [1.29, 1.82) is 0 Å². The molecule has 0 aliphatic carbocycles. The maximum Gasteiger partial charge on any atom is 0.407 e. The van der Waals surface area contributed by atoms with Crippen LogP contribution >= 0.6 is 0 Å². The molecule has 3 N–H and O–H groups in total. The lowest BCUT2D eigenvalue weighted by Crippen LogP contribution is -2.44. The molecular formula is C15H23N3O4. The Labute approximate surface area is 130 Å². The number of nitrogens with one attached hydrogen (secondary N) is 1. The van der Waals surface area contributed by atoms with E-state index >= 15 is 0 Å². The van der Waals surface area contributed by atoms with Crippen molar-refractivity contribution in [2.75, 3.05) is 6.54 Å². The second-order valence-electron chi connectivity index (χ2n) is 6.16. The molecule has 7 heteroatoms. The first kappa shape index (κ1) is 17.9. The molecule has 1 aromatic rings. The minimum Gasteiger partial charge on any atom is -0.444 e. The van der Waals surface area contributed by atoms with E-state index < -0.39 is 16.6 Å². The highest BCUT2D eigenvalue weighted by Crippen LogP contribution is 2.19. The topological polar surface area (TPSA) is 107 Å². The number of carbonyl (C=O) groups is 1.